The lowest BCUT2D eigenvalue weighted by molar-refractivity contribution is -0.121. The molecule has 0 atom stereocenters. The number of carbonyl (C=O) groups is 2. The summed E-state index contributed by atoms with van der Waals surface area (Å²) < 4.78 is 4.74. The maximum atomic E-state index is 11.9. The van der Waals surface area contributed by atoms with Gasteiger partial charge in [0.05, 0.1) is 6.61 Å². The molecular weight excluding hydrogens is 306 g/mol. The molecule has 1 aromatic carbocycles. The van der Waals surface area contributed by atoms with Crippen molar-refractivity contribution in [2.75, 3.05) is 26.2 Å². The summed E-state index contributed by atoms with van der Waals surface area (Å²) in [6, 6.07) is 8.14. The number of amides is 2. The average Bonchev–Trinajstić information content (AvgIpc) is 2.59. The summed E-state index contributed by atoms with van der Waals surface area (Å²) in [7, 11) is 0. The van der Waals surface area contributed by atoms with E-state index in [2.05, 4.69) is 35.4 Å². The zero-order valence-electron chi connectivity index (χ0n) is 14.9. The second kappa shape index (κ2) is 11.5. The van der Waals surface area contributed by atoms with Gasteiger partial charge < -0.3 is 15.4 Å². The molecule has 0 saturated carbocycles. The molecule has 0 spiro atoms. The van der Waals surface area contributed by atoms with E-state index < -0.39 is 6.09 Å². The molecule has 0 radical (unpaired) electrons. The summed E-state index contributed by atoms with van der Waals surface area (Å²) >= 11 is 0. The number of nitrogens with zero attached hydrogens (tertiary/aromatic N) is 1. The molecule has 0 fully saturated rings. The Morgan fingerprint density at radius 3 is 2.33 bits per heavy atom. The Hall–Kier alpha value is -2.08. The molecule has 0 bridgehead atoms. The van der Waals surface area contributed by atoms with Crippen LogP contribution in [0.5, 0.6) is 0 Å². The van der Waals surface area contributed by atoms with E-state index in [9.17, 15) is 9.59 Å². The van der Waals surface area contributed by atoms with Gasteiger partial charge >= 0.3 is 6.09 Å². The van der Waals surface area contributed by atoms with Crippen LogP contribution in [0.15, 0.2) is 24.3 Å². The van der Waals surface area contributed by atoms with Crippen molar-refractivity contribution in [1.29, 1.82) is 0 Å². The third-order valence-corrected chi connectivity index (χ3v) is 3.78. The highest BCUT2D eigenvalue weighted by Gasteiger charge is 2.08. The van der Waals surface area contributed by atoms with Crippen LogP contribution in [0.2, 0.25) is 0 Å². The van der Waals surface area contributed by atoms with Crippen molar-refractivity contribution in [2.24, 2.45) is 0 Å². The van der Waals surface area contributed by atoms with Gasteiger partial charge in [-0.05, 0) is 31.1 Å². The molecule has 6 heteroatoms. The molecule has 2 N–H and O–H groups in total. The summed E-state index contributed by atoms with van der Waals surface area (Å²) in [5, 5.41) is 5.44. The minimum atomic E-state index is -0.491. The number of nitrogens with one attached hydrogen (secondary N) is 2. The molecule has 0 saturated heterocycles. The first-order valence-corrected chi connectivity index (χ1v) is 8.57. The number of carbonyl (C=O) groups excluding carboxylic acids is 2. The van der Waals surface area contributed by atoms with E-state index in [1.807, 2.05) is 18.2 Å². The van der Waals surface area contributed by atoms with Crippen molar-refractivity contribution in [3.05, 3.63) is 35.4 Å². The fourth-order valence-corrected chi connectivity index (χ4v) is 2.31. The molecule has 0 unspecified atom stereocenters. The van der Waals surface area contributed by atoms with Gasteiger partial charge in [0.25, 0.3) is 0 Å². The minimum absolute atomic E-state index is 0.0931. The fraction of sp³-hybridized carbons (Fsp3) is 0.556. The van der Waals surface area contributed by atoms with E-state index in [1.54, 1.807) is 6.92 Å². The maximum absolute atomic E-state index is 11.9. The molecule has 0 aliphatic rings. The maximum Gasteiger partial charge on any atom is 0.407 e. The average molecular weight is 335 g/mol. The SMILES string of the molecule is CCOC(=O)NCCC(=O)NCc1ccccc1CN(CC)CC. The standard InChI is InChI=1S/C18H29N3O3/c1-4-21(5-2)14-16-10-8-7-9-15(16)13-20-17(22)11-12-19-18(23)24-6-3/h7-10H,4-6,11-14H2,1-3H3,(H,19,23)(H,20,22). The molecular formula is C18H29N3O3. The van der Waals surface area contributed by atoms with Gasteiger partial charge in [-0.1, -0.05) is 38.1 Å². The van der Waals surface area contributed by atoms with Gasteiger partial charge in [0.15, 0.2) is 0 Å². The molecule has 6 nitrogen and oxygen atoms in total. The molecule has 0 aliphatic carbocycles. The van der Waals surface area contributed by atoms with E-state index in [0.29, 0.717) is 13.2 Å². The van der Waals surface area contributed by atoms with Crippen LogP contribution in [0.3, 0.4) is 0 Å². The van der Waals surface area contributed by atoms with Gasteiger partial charge in [0.1, 0.15) is 0 Å². The molecule has 24 heavy (non-hydrogen) atoms. The monoisotopic (exact) mass is 335 g/mol. The van der Waals surface area contributed by atoms with Crippen LogP contribution in [-0.2, 0) is 22.6 Å². The highest BCUT2D eigenvalue weighted by atomic mass is 16.5. The third-order valence-electron chi connectivity index (χ3n) is 3.78. The number of ether oxygens (including phenoxy) is 1. The second-order valence-corrected chi connectivity index (χ2v) is 5.40. The molecule has 134 valence electrons. The van der Waals surface area contributed by atoms with E-state index in [0.717, 1.165) is 25.2 Å². The van der Waals surface area contributed by atoms with Crippen LogP contribution in [0, 0.1) is 0 Å². The zero-order valence-corrected chi connectivity index (χ0v) is 14.9. The zero-order chi connectivity index (χ0) is 17.8. The Balaban J connectivity index is 2.43. The lowest BCUT2D eigenvalue weighted by Gasteiger charge is -2.20. The second-order valence-electron chi connectivity index (χ2n) is 5.40. The van der Waals surface area contributed by atoms with Crippen LogP contribution in [0.1, 0.15) is 38.3 Å². The van der Waals surface area contributed by atoms with Crippen LogP contribution >= 0.6 is 0 Å². The first-order valence-electron chi connectivity index (χ1n) is 8.57. The fourth-order valence-electron chi connectivity index (χ4n) is 2.31. The lowest BCUT2D eigenvalue weighted by Crippen LogP contribution is -2.31. The topological polar surface area (TPSA) is 70.7 Å². The Bertz CT molecular complexity index is 516. The highest BCUT2D eigenvalue weighted by molar-refractivity contribution is 5.77. The van der Waals surface area contributed by atoms with Crippen molar-refractivity contribution in [2.45, 2.75) is 40.3 Å². The van der Waals surface area contributed by atoms with E-state index in [4.69, 9.17) is 4.74 Å². The van der Waals surface area contributed by atoms with Gasteiger partial charge in [0, 0.05) is 26.1 Å². The number of rotatable bonds is 10. The quantitative estimate of drug-likeness (QED) is 0.688. The summed E-state index contributed by atoms with van der Waals surface area (Å²) in [5.74, 6) is -0.0931. The summed E-state index contributed by atoms with van der Waals surface area (Å²) in [6.07, 6.45) is -0.258. The Morgan fingerprint density at radius 1 is 1.04 bits per heavy atom. The van der Waals surface area contributed by atoms with Crippen molar-refractivity contribution < 1.29 is 14.3 Å². The van der Waals surface area contributed by atoms with Gasteiger partial charge in [-0.3, -0.25) is 9.69 Å². The predicted octanol–water partition coefficient (Wildman–Crippen LogP) is 2.28. The first-order chi connectivity index (χ1) is 11.6. The molecule has 0 heterocycles. The molecule has 0 aliphatic heterocycles. The van der Waals surface area contributed by atoms with Crippen LogP contribution in [0.4, 0.5) is 4.79 Å². The number of alkyl carbamates (subject to hydrolysis) is 1. The Labute approximate surface area is 144 Å². The lowest BCUT2D eigenvalue weighted by atomic mass is 10.1. The van der Waals surface area contributed by atoms with Gasteiger partial charge in [-0.2, -0.15) is 0 Å². The summed E-state index contributed by atoms with van der Waals surface area (Å²) in [4.78, 5) is 25.4. The smallest absolute Gasteiger partial charge is 0.407 e. The Morgan fingerprint density at radius 2 is 1.71 bits per heavy atom. The number of hydrogen-bond donors (Lipinski definition) is 2. The molecule has 0 aromatic heterocycles. The van der Waals surface area contributed by atoms with Crippen molar-refractivity contribution >= 4 is 12.0 Å². The van der Waals surface area contributed by atoms with Crippen LogP contribution in [-0.4, -0.2) is 43.1 Å². The molecule has 2 amide bonds. The predicted molar refractivity (Wildman–Crippen MR) is 94.6 cm³/mol. The Kier molecular flexibility index (Phi) is 9.53. The highest BCUT2D eigenvalue weighted by Crippen LogP contribution is 2.11. The van der Waals surface area contributed by atoms with Crippen LogP contribution < -0.4 is 10.6 Å². The van der Waals surface area contributed by atoms with E-state index in [-0.39, 0.29) is 18.9 Å². The van der Waals surface area contributed by atoms with Gasteiger partial charge in [-0.25, -0.2) is 4.79 Å². The minimum Gasteiger partial charge on any atom is -0.450 e. The molecule has 1 rings (SSSR count). The van der Waals surface area contributed by atoms with Gasteiger partial charge in [-0.15, -0.1) is 0 Å². The largest absolute Gasteiger partial charge is 0.450 e. The van der Waals surface area contributed by atoms with Crippen LogP contribution in [0.25, 0.3) is 0 Å². The first kappa shape index (κ1) is 20.0. The summed E-state index contributed by atoms with van der Waals surface area (Å²) in [5.41, 5.74) is 2.35. The number of hydrogen-bond acceptors (Lipinski definition) is 4. The van der Waals surface area contributed by atoms with E-state index >= 15 is 0 Å². The normalized spacial score (nSPS) is 10.5. The third kappa shape index (κ3) is 7.46. The van der Waals surface area contributed by atoms with E-state index in [1.165, 1.54) is 5.56 Å². The van der Waals surface area contributed by atoms with Crippen molar-refractivity contribution in [1.82, 2.24) is 15.5 Å². The van der Waals surface area contributed by atoms with Gasteiger partial charge in [0.2, 0.25) is 5.91 Å². The van der Waals surface area contributed by atoms with Crippen molar-refractivity contribution in [3.8, 4) is 0 Å². The molecule has 1 aromatic rings. The summed E-state index contributed by atoms with van der Waals surface area (Å²) in [6.45, 7) is 9.98. The number of benzene rings is 1. The van der Waals surface area contributed by atoms with Crippen molar-refractivity contribution in [3.63, 3.8) is 0 Å².